The molecule has 1 aromatic rings. The molecule has 1 unspecified atom stereocenters. The zero-order valence-electron chi connectivity index (χ0n) is 18.5. The Kier molecular flexibility index (Phi) is 9.94. The first kappa shape index (κ1) is 26.9. The quantitative estimate of drug-likeness (QED) is 0.188. The molecule has 1 atom stereocenters. The van der Waals surface area contributed by atoms with Crippen molar-refractivity contribution >= 4 is 22.3 Å². The molecule has 0 aromatic carbocycles. The minimum absolute atomic E-state index is 0.0915. The first-order valence-electron chi connectivity index (χ1n) is 10.8. The van der Waals surface area contributed by atoms with Crippen molar-refractivity contribution < 1.29 is 31.6 Å². The SMILES string of the molecule is CCCCCC#CC(CS(=O)(=O)N1CCCN(c2ccc(C(F)(F)F)cn2)CC1)N(O)C=O. The average molecular weight is 491 g/mol. The fraction of sp³-hybridized carbons (Fsp3) is 0.619. The molecule has 1 amide bonds. The largest absolute Gasteiger partial charge is 0.417 e. The Morgan fingerprint density at radius 1 is 1.24 bits per heavy atom. The van der Waals surface area contributed by atoms with E-state index in [2.05, 4.69) is 16.8 Å². The monoisotopic (exact) mass is 490 g/mol. The number of amides is 1. The van der Waals surface area contributed by atoms with Gasteiger partial charge in [0.1, 0.15) is 11.9 Å². The minimum atomic E-state index is -4.48. The number of hydroxylamine groups is 2. The Hall–Kier alpha value is -2.36. The van der Waals surface area contributed by atoms with Gasteiger partial charge in [-0.3, -0.25) is 10.0 Å². The second-order valence-electron chi connectivity index (χ2n) is 7.70. The highest BCUT2D eigenvalue weighted by Crippen LogP contribution is 2.29. The summed E-state index contributed by atoms with van der Waals surface area (Å²) in [5.74, 6) is 5.28. The average Bonchev–Trinajstić information content (AvgIpc) is 3.04. The molecule has 0 aliphatic carbocycles. The van der Waals surface area contributed by atoms with E-state index in [1.54, 1.807) is 4.90 Å². The van der Waals surface area contributed by atoms with Gasteiger partial charge in [0, 0.05) is 38.8 Å². The summed E-state index contributed by atoms with van der Waals surface area (Å²) in [5.41, 5.74) is -0.851. The van der Waals surface area contributed by atoms with Crippen LogP contribution in [0.15, 0.2) is 18.3 Å². The predicted octanol–water partition coefficient (Wildman–Crippen LogP) is 2.74. The summed E-state index contributed by atoms with van der Waals surface area (Å²) >= 11 is 0. The van der Waals surface area contributed by atoms with E-state index in [0.717, 1.165) is 31.5 Å². The predicted molar refractivity (Wildman–Crippen MR) is 117 cm³/mol. The lowest BCUT2D eigenvalue weighted by atomic mass is 10.2. The molecule has 1 fully saturated rings. The van der Waals surface area contributed by atoms with Crippen molar-refractivity contribution in [2.45, 2.75) is 51.2 Å². The molecule has 8 nitrogen and oxygen atoms in total. The van der Waals surface area contributed by atoms with Crippen LogP contribution in [0.5, 0.6) is 0 Å². The van der Waals surface area contributed by atoms with Crippen LogP contribution in [-0.2, 0) is 21.0 Å². The van der Waals surface area contributed by atoms with Crippen LogP contribution >= 0.6 is 0 Å². The standard InChI is InChI=1S/C21H29F3N4O4S/c1-2-3-4-5-6-8-19(28(30)17-29)16-33(31,32)27-12-7-11-26(13-14-27)20-10-9-18(15-25-20)21(22,23)24/h9-10,15,17,19,30H,2-5,7,11-14,16H2,1H3. The first-order chi connectivity index (χ1) is 15.6. The second kappa shape index (κ2) is 12.2. The molecular formula is C21H29F3N4O4S. The number of unbranched alkanes of at least 4 members (excludes halogenated alkanes) is 3. The third-order valence-corrected chi connectivity index (χ3v) is 7.11. The molecule has 33 heavy (non-hydrogen) atoms. The van der Waals surface area contributed by atoms with E-state index in [1.165, 1.54) is 10.4 Å². The number of hydrogen-bond donors (Lipinski definition) is 1. The lowest BCUT2D eigenvalue weighted by Crippen LogP contribution is -2.43. The van der Waals surface area contributed by atoms with Crippen molar-refractivity contribution in [1.29, 1.82) is 0 Å². The molecule has 2 rings (SSSR count). The number of halogens is 3. The normalized spacial score (nSPS) is 16.5. The van der Waals surface area contributed by atoms with Crippen molar-refractivity contribution in [1.82, 2.24) is 14.4 Å². The van der Waals surface area contributed by atoms with Gasteiger partial charge in [0.05, 0.1) is 11.3 Å². The molecule has 1 aromatic heterocycles. The highest BCUT2D eigenvalue weighted by Gasteiger charge is 2.32. The topological polar surface area (TPSA) is 94.1 Å². The Bertz CT molecular complexity index is 930. The van der Waals surface area contributed by atoms with Crippen molar-refractivity contribution in [3.05, 3.63) is 23.9 Å². The van der Waals surface area contributed by atoms with Gasteiger partial charge in [-0.25, -0.2) is 18.5 Å². The molecule has 1 aliphatic rings. The summed E-state index contributed by atoms with van der Waals surface area (Å²) in [6.45, 7) is 2.99. The summed E-state index contributed by atoms with van der Waals surface area (Å²) < 4.78 is 65.4. The van der Waals surface area contributed by atoms with Crippen molar-refractivity contribution in [3.8, 4) is 11.8 Å². The van der Waals surface area contributed by atoms with Crippen molar-refractivity contribution in [2.24, 2.45) is 0 Å². The van der Waals surface area contributed by atoms with Crippen molar-refractivity contribution in [2.75, 3.05) is 36.8 Å². The van der Waals surface area contributed by atoms with Crippen LogP contribution in [0.3, 0.4) is 0 Å². The van der Waals surface area contributed by atoms with Crippen molar-refractivity contribution in [3.63, 3.8) is 0 Å². The molecule has 184 valence electrons. The lowest BCUT2D eigenvalue weighted by Gasteiger charge is -2.24. The third-order valence-electron chi connectivity index (χ3n) is 5.22. The Morgan fingerprint density at radius 3 is 2.61 bits per heavy atom. The highest BCUT2D eigenvalue weighted by molar-refractivity contribution is 7.89. The van der Waals surface area contributed by atoms with E-state index in [-0.39, 0.29) is 31.1 Å². The van der Waals surface area contributed by atoms with E-state index >= 15 is 0 Å². The molecular weight excluding hydrogens is 461 g/mol. The number of rotatable bonds is 9. The second-order valence-corrected chi connectivity index (χ2v) is 9.71. The van der Waals surface area contributed by atoms with Gasteiger partial charge in [-0.05, 0) is 25.0 Å². The van der Waals surface area contributed by atoms with E-state index in [4.69, 9.17) is 0 Å². The Labute approximate surface area is 192 Å². The van der Waals surface area contributed by atoms with Gasteiger partial charge in [-0.2, -0.15) is 17.5 Å². The molecule has 0 spiro atoms. The zero-order valence-corrected chi connectivity index (χ0v) is 19.3. The summed E-state index contributed by atoms with van der Waals surface area (Å²) in [6, 6.07) is 1.02. The molecule has 1 aliphatic heterocycles. The number of carbonyl (C=O) groups is 1. The number of sulfonamides is 1. The van der Waals surface area contributed by atoms with Gasteiger partial charge in [0.25, 0.3) is 0 Å². The van der Waals surface area contributed by atoms with Gasteiger partial charge in [-0.1, -0.05) is 25.7 Å². The Balaban J connectivity index is 2.04. The lowest BCUT2D eigenvalue weighted by molar-refractivity contribution is -0.153. The number of hydrogen-bond acceptors (Lipinski definition) is 6. The maximum absolute atomic E-state index is 12.9. The van der Waals surface area contributed by atoms with Crippen LogP contribution in [0.4, 0.5) is 19.0 Å². The fourth-order valence-corrected chi connectivity index (χ4v) is 4.97. The van der Waals surface area contributed by atoms with Crippen LogP contribution in [0.2, 0.25) is 0 Å². The van der Waals surface area contributed by atoms with Crippen LogP contribution in [-0.4, -0.2) is 72.4 Å². The molecule has 12 heteroatoms. The van der Waals surface area contributed by atoms with Gasteiger partial charge in [0.15, 0.2) is 0 Å². The number of nitrogens with zero attached hydrogens (tertiary/aromatic N) is 4. The summed E-state index contributed by atoms with van der Waals surface area (Å²) in [7, 11) is -3.87. The van der Waals surface area contributed by atoms with E-state index in [0.29, 0.717) is 25.2 Å². The van der Waals surface area contributed by atoms with Gasteiger partial charge >= 0.3 is 6.18 Å². The van der Waals surface area contributed by atoms with Crippen LogP contribution in [0, 0.1) is 11.8 Å². The van der Waals surface area contributed by atoms with Gasteiger partial charge in [-0.15, -0.1) is 5.92 Å². The van der Waals surface area contributed by atoms with Gasteiger partial charge < -0.3 is 4.90 Å². The third kappa shape index (κ3) is 8.17. The summed E-state index contributed by atoms with van der Waals surface area (Å²) in [4.78, 5) is 16.6. The summed E-state index contributed by atoms with van der Waals surface area (Å²) in [6.07, 6.45) is 0.207. The number of alkyl halides is 3. The number of carbonyl (C=O) groups excluding carboxylic acids is 1. The maximum Gasteiger partial charge on any atom is 0.417 e. The van der Waals surface area contributed by atoms with Crippen LogP contribution in [0.1, 0.15) is 44.6 Å². The van der Waals surface area contributed by atoms with Gasteiger partial charge in [0.2, 0.25) is 16.4 Å². The van der Waals surface area contributed by atoms with E-state index in [1.807, 2.05) is 6.92 Å². The highest BCUT2D eigenvalue weighted by atomic mass is 32.2. The first-order valence-corrected chi connectivity index (χ1v) is 12.4. The number of aromatic nitrogens is 1. The number of pyridine rings is 1. The van der Waals surface area contributed by atoms with Crippen LogP contribution < -0.4 is 4.90 Å². The molecule has 1 saturated heterocycles. The molecule has 1 N–H and O–H groups in total. The number of anilines is 1. The molecule has 0 bridgehead atoms. The molecule has 0 saturated carbocycles. The Morgan fingerprint density at radius 2 is 2.00 bits per heavy atom. The molecule has 0 radical (unpaired) electrons. The smallest absolute Gasteiger partial charge is 0.355 e. The fourth-order valence-electron chi connectivity index (χ4n) is 3.36. The van der Waals surface area contributed by atoms with Crippen LogP contribution in [0.25, 0.3) is 0 Å². The maximum atomic E-state index is 12.9. The minimum Gasteiger partial charge on any atom is -0.355 e. The zero-order chi connectivity index (χ0) is 24.5. The van der Waals surface area contributed by atoms with E-state index in [9.17, 15) is 31.6 Å². The van der Waals surface area contributed by atoms with E-state index < -0.39 is 33.6 Å². The summed E-state index contributed by atoms with van der Waals surface area (Å²) in [5, 5.41) is 10.1. The molecule has 2 heterocycles.